The molecule has 0 heterocycles. The van der Waals surface area contributed by atoms with Gasteiger partial charge in [-0.2, -0.15) is 0 Å². The van der Waals surface area contributed by atoms with Crippen LogP contribution in [0.25, 0.3) is 0 Å². The van der Waals surface area contributed by atoms with Crippen LogP contribution in [0.5, 0.6) is 5.75 Å². The zero-order valence-electron chi connectivity index (χ0n) is 9.03. The molecule has 0 fully saturated rings. The van der Waals surface area contributed by atoms with Crippen molar-refractivity contribution in [2.45, 2.75) is 26.0 Å². The van der Waals surface area contributed by atoms with Crippen molar-refractivity contribution in [2.75, 3.05) is 0 Å². The van der Waals surface area contributed by atoms with E-state index in [9.17, 15) is 4.39 Å². The Balaban J connectivity index is 2.86. The molecule has 0 saturated heterocycles. The molecule has 3 heteroatoms. The van der Waals surface area contributed by atoms with E-state index in [0.717, 1.165) is 0 Å². The second kappa shape index (κ2) is 4.94. The van der Waals surface area contributed by atoms with Crippen molar-refractivity contribution >= 4 is 0 Å². The van der Waals surface area contributed by atoms with E-state index in [1.807, 2.05) is 6.92 Å². The first-order valence-corrected chi connectivity index (χ1v) is 4.89. The van der Waals surface area contributed by atoms with E-state index in [1.165, 1.54) is 6.07 Å². The third kappa shape index (κ3) is 3.06. The zero-order valence-corrected chi connectivity index (χ0v) is 9.03. The normalized spacial score (nSPS) is 14.4. The van der Waals surface area contributed by atoms with Crippen molar-refractivity contribution in [2.24, 2.45) is 5.73 Å². The van der Waals surface area contributed by atoms with Gasteiger partial charge in [0.05, 0.1) is 0 Å². The minimum absolute atomic E-state index is 0.134. The second-order valence-electron chi connectivity index (χ2n) is 3.53. The maximum absolute atomic E-state index is 13.5. The van der Waals surface area contributed by atoms with Gasteiger partial charge in [0.2, 0.25) is 0 Å². The first kappa shape index (κ1) is 11.7. The summed E-state index contributed by atoms with van der Waals surface area (Å²) in [7, 11) is 0. The van der Waals surface area contributed by atoms with Crippen molar-refractivity contribution in [3.8, 4) is 5.75 Å². The topological polar surface area (TPSA) is 35.2 Å². The van der Waals surface area contributed by atoms with E-state index in [4.69, 9.17) is 10.5 Å². The van der Waals surface area contributed by atoms with Crippen molar-refractivity contribution in [3.63, 3.8) is 0 Å². The molecule has 2 N–H and O–H groups in total. The van der Waals surface area contributed by atoms with Gasteiger partial charge in [0.15, 0.2) is 0 Å². The quantitative estimate of drug-likeness (QED) is 0.774. The SMILES string of the molecule is C=CC(C)Oc1ccc([C@@H](C)N)c(F)c1. The van der Waals surface area contributed by atoms with Crippen LogP contribution in [0.1, 0.15) is 25.5 Å². The summed E-state index contributed by atoms with van der Waals surface area (Å²) in [4.78, 5) is 0. The van der Waals surface area contributed by atoms with Gasteiger partial charge in [0.25, 0.3) is 0 Å². The van der Waals surface area contributed by atoms with E-state index >= 15 is 0 Å². The van der Waals surface area contributed by atoms with Gasteiger partial charge in [0, 0.05) is 17.7 Å². The standard InChI is InChI=1S/C12H16FNO/c1-4-8(2)15-10-5-6-11(9(3)14)12(13)7-10/h4-9H,1,14H2,2-3H3/t8?,9-/m1/s1. The Morgan fingerprint density at radius 2 is 2.13 bits per heavy atom. The van der Waals surface area contributed by atoms with Crippen LogP contribution >= 0.6 is 0 Å². The Morgan fingerprint density at radius 1 is 1.47 bits per heavy atom. The molecule has 1 aromatic carbocycles. The molecule has 0 aliphatic carbocycles. The van der Waals surface area contributed by atoms with Gasteiger partial charge in [-0.1, -0.05) is 18.7 Å². The summed E-state index contributed by atoms with van der Waals surface area (Å²) < 4.78 is 18.8. The van der Waals surface area contributed by atoms with E-state index in [2.05, 4.69) is 6.58 Å². The Labute approximate surface area is 89.6 Å². The third-order valence-electron chi connectivity index (χ3n) is 2.12. The summed E-state index contributed by atoms with van der Waals surface area (Å²) in [6.07, 6.45) is 1.52. The first-order chi connectivity index (χ1) is 7.04. The minimum atomic E-state index is -0.334. The van der Waals surface area contributed by atoms with Crippen molar-refractivity contribution in [3.05, 3.63) is 42.2 Å². The summed E-state index contributed by atoms with van der Waals surface area (Å²) in [5, 5.41) is 0. The molecule has 0 aromatic heterocycles. The van der Waals surface area contributed by atoms with Crippen LogP contribution in [0, 0.1) is 5.82 Å². The van der Waals surface area contributed by atoms with Crippen molar-refractivity contribution in [1.82, 2.24) is 0 Å². The molecule has 1 unspecified atom stereocenters. The Kier molecular flexibility index (Phi) is 3.86. The maximum atomic E-state index is 13.5. The van der Waals surface area contributed by atoms with Crippen LogP contribution in [-0.2, 0) is 0 Å². The Hall–Kier alpha value is -1.35. The average molecular weight is 209 g/mol. The molecular weight excluding hydrogens is 193 g/mol. The summed E-state index contributed by atoms with van der Waals surface area (Å²) >= 11 is 0. The number of hydrogen-bond acceptors (Lipinski definition) is 2. The van der Waals surface area contributed by atoms with Crippen LogP contribution in [0.15, 0.2) is 30.9 Å². The average Bonchev–Trinajstić information content (AvgIpc) is 2.17. The smallest absolute Gasteiger partial charge is 0.131 e. The van der Waals surface area contributed by atoms with E-state index < -0.39 is 0 Å². The largest absolute Gasteiger partial charge is 0.487 e. The van der Waals surface area contributed by atoms with Crippen LogP contribution < -0.4 is 10.5 Å². The first-order valence-electron chi connectivity index (χ1n) is 4.89. The highest BCUT2D eigenvalue weighted by Crippen LogP contribution is 2.21. The lowest BCUT2D eigenvalue weighted by Crippen LogP contribution is -2.10. The van der Waals surface area contributed by atoms with Crippen LogP contribution in [0.2, 0.25) is 0 Å². The number of benzene rings is 1. The van der Waals surface area contributed by atoms with E-state index in [1.54, 1.807) is 25.1 Å². The van der Waals surface area contributed by atoms with Gasteiger partial charge in [-0.3, -0.25) is 0 Å². The Morgan fingerprint density at radius 3 is 2.60 bits per heavy atom. The van der Waals surface area contributed by atoms with Crippen LogP contribution in [0.3, 0.4) is 0 Å². The van der Waals surface area contributed by atoms with Gasteiger partial charge in [-0.25, -0.2) is 4.39 Å². The molecule has 0 radical (unpaired) electrons. The van der Waals surface area contributed by atoms with Gasteiger partial charge in [-0.05, 0) is 19.9 Å². The molecule has 0 bridgehead atoms. The zero-order chi connectivity index (χ0) is 11.4. The summed E-state index contributed by atoms with van der Waals surface area (Å²) in [6.45, 7) is 7.17. The highest BCUT2D eigenvalue weighted by atomic mass is 19.1. The highest BCUT2D eigenvalue weighted by molar-refractivity contribution is 5.30. The molecule has 82 valence electrons. The van der Waals surface area contributed by atoms with Gasteiger partial charge >= 0.3 is 0 Å². The lowest BCUT2D eigenvalue weighted by atomic mass is 10.1. The summed E-state index contributed by atoms with van der Waals surface area (Å²) in [5.41, 5.74) is 6.09. The number of ether oxygens (including phenoxy) is 1. The second-order valence-corrected chi connectivity index (χ2v) is 3.53. The molecule has 2 nitrogen and oxygen atoms in total. The molecule has 0 saturated carbocycles. The highest BCUT2D eigenvalue weighted by Gasteiger charge is 2.08. The van der Waals surface area contributed by atoms with E-state index in [0.29, 0.717) is 11.3 Å². The third-order valence-corrected chi connectivity index (χ3v) is 2.12. The van der Waals surface area contributed by atoms with Crippen LogP contribution in [0.4, 0.5) is 4.39 Å². The number of rotatable bonds is 4. The molecular formula is C12H16FNO. The molecule has 15 heavy (non-hydrogen) atoms. The number of nitrogens with two attached hydrogens (primary N) is 1. The van der Waals surface area contributed by atoms with Gasteiger partial charge in [0.1, 0.15) is 17.7 Å². The lowest BCUT2D eigenvalue weighted by molar-refractivity contribution is 0.269. The molecule has 0 aliphatic heterocycles. The van der Waals surface area contributed by atoms with E-state index in [-0.39, 0.29) is 18.0 Å². The molecule has 1 rings (SSSR count). The molecule has 0 spiro atoms. The predicted molar refractivity (Wildman–Crippen MR) is 59.3 cm³/mol. The fourth-order valence-corrected chi connectivity index (χ4v) is 1.21. The summed E-state index contributed by atoms with van der Waals surface area (Å²) in [5.74, 6) is 0.156. The fraction of sp³-hybridized carbons (Fsp3) is 0.333. The fourth-order valence-electron chi connectivity index (χ4n) is 1.21. The molecule has 1 aromatic rings. The van der Waals surface area contributed by atoms with Crippen molar-refractivity contribution in [1.29, 1.82) is 0 Å². The maximum Gasteiger partial charge on any atom is 0.131 e. The Bertz CT molecular complexity index is 349. The predicted octanol–water partition coefficient (Wildman–Crippen LogP) is 2.80. The monoisotopic (exact) mass is 209 g/mol. The summed E-state index contributed by atoms with van der Waals surface area (Å²) in [6, 6.07) is 4.39. The minimum Gasteiger partial charge on any atom is -0.487 e. The number of halogens is 1. The molecule has 2 atom stereocenters. The molecule has 0 amide bonds. The van der Waals surface area contributed by atoms with Gasteiger partial charge < -0.3 is 10.5 Å². The van der Waals surface area contributed by atoms with Crippen molar-refractivity contribution < 1.29 is 9.13 Å². The van der Waals surface area contributed by atoms with Crippen LogP contribution in [-0.4, -0.2) is 6.10 Å². The lowest BCUT2D eigenvalue weighted by Gasteiger charge is -2.12. The number of hydrogen-bond donors (Lipinski definition) is 1. The van der Waals surface area contributed by atoms with Gasteiger partial charge in [-0.15, -0.1) is 0 Å². The molecule has 0 aliphatic rings.